The third kappa shape index (κ3) is 2.60. The molecule has 0 radical (unpaired) electrons. The van der Waals surface area contributed by atoms with E-state index in [4.69, 9.17) is 10.1 Å². The van der Waals surface area contributed by atoms with Gasteiger partial charge in [0.25, 0.3) is 0 Å². The Bertz CT molecular complexity index is 339. The molecule has 0 unspecified atom stereocenters. The fraction of sp³-hybridized carbons (Fsp3) is 0.200. The van der Waals surface area contributed by atoms with E-state index in [0.717, 1.165) is 0 Å². The topological polar surface area (TPSA) is 37.4 Å². The summed E-state index contributed by atoms with van der Waals surface area (Å²) in [5.41, 5.74) is 0.451. The van der Waals surface area contributed by atoms with Crippen molar-refractivity contribution in [3.05, 3.63) is 41.4 Å². The molecule has 0 saturated carbocycles. The Hall–Kier alpha value is -1.82. The molecule has 0 aromatic heterocycles. The molecule has 1 rings (SSSR count). The van der Waals surface area contributed by atoms with Crippen LogP contribution in [0.25, 0.3) is 4.98 Å². The number of hydrogen-bond acceptors (Lipinski definition) is 2. The quantitative estimate of drug-likeness (QED) is 0.522. The van der Waals surface area contributed by atoms with Crippen molar-refractivity contribution in [1.82, 2.24) is 0 Å². The van der Waals surface area contributed by atoms with Gasteiger partial charge < -0.3 is 4.74 Å². The lowest BCUT2D eigenvalue weighted by Crippen LogP contribution is -1.92. The standard InChI is InChI=1S/C10H11N2O/c1-2-3-8-13-10-7-5-4-6-9(10)12-11/h2-7H,8H2,1H3/q+1/b3-2-. The molecule has 0 aliphatic heterocycles. The van der Waals surface area contributed by atoms with E-state index in [9.17, 15) is 0 Å². The first-order valence-electron chi connectivity index (χ1n) is 4.06. The molecule has 0 aliphatic carbocycles. The average Bonchev–Trinajstić information content (AvgIpc) is 2.19. The van der Waals surface area contributed by atoms with Gasteiger partial charge >= 0.3 is 5.69 Å². The monoisotopic (exact) mass is 175 g/mol. The van der Waals surface area contributed by atoms with Gasteiger partial charge in [-0.15, -0.1) is 0 Å². The maximum absolute atomic E-state index is 8.60. The molecule has 0 spiro atoms. The van der Waals surface area contributed by atoms with Crippen LogP contribution in [0, 0.1) is 5.39 Å². The van der Waals surface area contributed by atoms with Crippen molar-refractivity contribution in [2.75, 3.05) is 6.61 Å². The van der Waals surface area contributed by atoms with Crippen LogP contribution in [0.4, 0.5) is 5.69 Å². The van der Waals surface area contributed by atoms with Crippen LogP contribution in [0.5, 0.6) is 5.75 Å². The summed E-state index contributed by atoms with van der Waals surface area (Å²) < 4.78 is 5.33. The molecule has 3 nitrogen and oxygen atoms in total. The van der Waals surface area contributed by atoms with Crippen LogP contribution in [0.2, 0.25) is 0 Å². The maximum Gasteiger partial charge on any atom is 0.426 e. The van der Waals surface area contributed by atoms with E-state index in [0.29, 0.717) is 18.0 Å². The highest BCUT2D eigenvalue weighted by Gasteiger charge is 2.11. The van der Waals surface area contributed by atoms with Crippen molar-refractivity contribution in [1.29, 1.82) is 5.39 Å². The first-order chi connectivity index (χ1) is 6.38. The van der Waals surface area contributed by atoms with Crippen molar-refractivity contribution in [3.8, 4) is 5.75 Å². The van der Waals surface area contributed by atoms with Crippen molar-refractivity contribution >= 4 is 5.69 Å². The van der Waals surface area contributed by atoms with Gasteiger partial charge in [0.2, 0.25) is 11.1 Å². The lowest BCUT2D eigenvalue weighted by atomic mass is 10.3. The Morgan fingerprint density at radius 1 is 1.46 bits per heavy atom. The normalized spacial score (nSPS) is 9.85. The van der Waals surface area contributed by atoms with Crippen molar-refractivity contribution in [2.24, 2.45) is 0 Å². The van der Waals surface area contributed by atoms with E-state index in [-0.39, 0.29) is 0 Å². The van der Waals surface area contributed by atoms with Gasteiger partial charge in [0, 0.05) is 6.07 Å². The maximum atomic E-state index is 8.60. The van der Waals surface area contributed by atoms with Crippen LogP contribution < -0.4 is 4.74 Å². The van der Waals surface area contributed by atoms with Gasteiger partial charge in [-0.05, 0) is 13.0 Å². The summed E-state index contributed by atoms with van der Waals surface area (Å²) in [5.74, 6) is 0.586. The van der Waals surface area contributed by atoms with Crippen LogP contribution in [-0.4, -0.2) is 6.61 Å². The van der Waals surface area contributed by atoms with Gasteiger partial charge in [-0.3, -0.25) is 0 Å². The van der Waals surface area contributed by atoms with Crippen molar-refractivity contribution < 1.29 is 4.74 Å². The summed E-state index contributed by atoms with van der Waals surface area (Å²) in [7, 11) is 0. The Labute approximate surface area is 77.3 Å². The molecule has 13 heavy (non-hydrogen) atoms. The minimum atomic E-state index is 0.451. The molecule has 0 saturated heterocycles. The van der Waals surface area contributed by atoms with Crippen molar-refractivity contribution in [3.63, 3.8) is 0 Å². The second kappa shape index (κ2) is 4.94. The number of allylic oxidation sites excluding steroid dienone is 1. The smallest absolute Gasteiger partial charge is 0.426 e. The molecule has 0 atom stereocenters. The Kier molecular flexibility index (Phi) is 3.52. The molecule has 1 aromatic rings. The predicted octanol–water partition coefficient (Wildman–Crippen LogP) is 3.13. The number of diazo groups is 1. The van der Waals surface area contributed by atoms with Gasteiger partial charge in [-0.1, -0.05) is 24.3 Å². The van der Waals surface area contributed by atoms with Crippen LogP contribution in [-0.2, 0) is 0 Å². The molecular formula is C10H11N2O+. The predicted molar refractivity (Wildman–Crippen MR) is 51.5 cm³/mol. The zero-order valence-corrected chi connectivity index (χ0v) is 7.47. The highest BCUT2D eigenvalue weighted by atomic mass is 16.5. The molecule has 0 aliphatic rings. The number of rotatable bonds is 3. The van der Waals surface area contributed by atoms with E-state index in [1.807, 2.05) is 25.1 Å². The van der Waals surface area contributed by atoms with Gasteiger partial charge in [-0.2, -0.15) is 0 Å². The third-order valence-corrected chi connectivity index (χ3v) is 1.54. The van der Waals surface area contributed by atoms with Crippen LogP contribution >= 0.6 is 0 Å². The summed E-state index contributed by atoms with van der Waals surface area (Å²) in [5, 5.41) is 8.60. The molecule has 0 N–H and O–H groups in total. The molecule has 1 aromatic carbocycles. The van der Waals surface area contributed by atoms with E-state index in [1.54, 1.807) is 18.2 Å². The minimum Gasteiger partial charge on any atom is -0.482 e. The summed E-state index contributed by atoms with van der Waals surface area (Å²) in [6.45, 7) is 2.41. The molecule has 66 valence electrons. The Balaban J connectivity index is 2.71. The van der Waals surface area contributed by atoms with Crippen LogP contribution in [0.1, 0.15) is 6.92 Å². The molecular weight excluding hydrogens is 164 g/mol. The number of ether oxygens (including phenoxy) is 1. The van der Waals surface area contributed by atoms with Gasteiger partial charge in [0.1, 0.15) is 6.61 Å². The third-order valence-electron chi connectivity index (χ3n) is 1.54. The summed E-state index contributed by atoms with van der Waals surface area (Å²) in [4.78, 5) is 3.10. The van der Waals surface area contributed by atoms with Crippen molar-refractivity contribution in [2.45, 2.75) is 6.92 Å². The lowest BCUT2D eigenvalue weighted by Gasteiger charge is -1.98. The van der Waals surface area contributed by atoms with Gasteiger partial charge in [-0.25, -0.2) is 0 Å². The van der Waals surface area contributed by atoms with E-state index >= 15 is 0 Å². The van der Waals surface area contributed by atoms with Gasteiger partial charge in [0.05, 0.1) is 0 Å². The number of hydrogen-bond donors (Lipinski definition) is 0. The fourth-order valence-corrected chi connectivity index (χ4v) is 0.896. The molecule has 0 fully saturated rings. The lowest BCUT2D eigenvalue weighted by molar-refractivity contribution is 0.365. The number of nitrogens with zero attached hydrogens (tertiary/aromatic N) is 2. The summed E-state index contributed by atoms with van der Waals surface area (Å²) >= 11 is 0. The molecule has 3 heteroatoms. The molecule has 0 bridgehead atoms. The second-order valence-corrected chi connectivity index (χ2v) is 2.45. The minimum absolute atomic E-state index is 0.451. The van der Waals surface area contributed by atoms with Crippen LogP contribution in [0.15, 0.2) is 36.4 Å². The fourth-order valence-electron chi connectivity index (χ4n) is 0.896. The SMILES string of the molecule is C/C=C\COc1ccccc1[N+]#N. The Morgan fingerprint density at radius 3 is 2.92 bits per heavy atom. The summed E-state index contributed by atoms with van der Waals surface area (Å²) in [6, 6.07) is 7.07. The second-order valence-electron chi connectivity index (χ2n) is 2.45. The average molecular weight is 175 g/mol. The van der Waals surface area contributed by atoms with Gasteiger partial charge in [0.15, 0.2) is 4.98 Å². The highest BCUT2D eigenvalue weighted by Crippen LogP contribution is 2.26. The van der Waals surface area contributed by atoms with E-state index in [2.05, 4.69) is 4.98 Å². The number of benzene rings is 1. The highest BCUT2D eigenvalue weighted by molar-refractivity contribution is 5.56. The molecule has 0 heterocycles. The zero-order chi connectivity index (χ0) is 9.52. The zero-order valence-electron chi connectivity index (χ0n) is 7.47. The molecule has 0 amide bonds. The number of para-hydroxylation sites is 1. The van der Waals surface area contributed by atoms with Crippen LogP contribution in [0.3, 0.4) is 0 Å². The Morgan fingerprint density at radius 2 is 2.23 bits per heavy atom. The van der Waals surface area contributed by atoms with E-state index < -0.39 is 0 Å². The summed E-state index contributed by atoms with van der Waals surface area (Å²) in [6.07, 6.45) is 3.78. The first kappa shape index (κ1) is 9.27. The first-order valence-corrected chi connectivity index (χ1v) is 4.06. The largest absolute Gasteiger partial charge is 0.482 e. The van der Waals surface area contributed by atoms with E-state index in [1.165, 1.54) is 0 Å².